The highest BCUT2D eigenvalue weighted by Crippen LogP contribution is 2.47. The lowest BCUT2D eigenvalue weighted by atomic mass is 9.86. The second kappa shape index (κ2) is 3.16. The van der Waals surface area contributed by atoms with Crippen molar-refractivity contribution < 1.29 is 0 Å². The zero-order valence-electron chi connectivity index (χ0n) is 7.68. The maximum atomic E-state index is 2.34. The van der Waals surface area contributed by atoms with Gasteiger partial charge in [-0.05, 0) is 30.6 Å². The van der Waals surface area contributed by atoms with Crippen LogP contribution >= 0.6 is 0 Å². The van der Waals surface area contributed by atoms with Crippen molar-refractivity contribution in [2.45, 2.75) is 51.9 Å². The first-order valence-electron chi connectivity index (χ1n) is 5.40. The minimum atomic E-state index is 1.13. The van der Waals surface area contributed by atoms with Gasteiger partial charge >= 0.3 is 0 Å². The van der Waals surface area contributed by atoms with Crippen LogP contribution in [0.5, 0.6) is 0 Å². The van der Waals surface area contributed by atoms with Gasteiger partial charge in [0.05, 0.1) is 0 Å². The van der Waals surface area contributed by atoms with E-state index in [1.54, 1.807) is 25.7 Å². The maximum Gasteiger partial charge on any atom is -0.0383 e. The zero-order valence-corrected chi connectivity index (χ0v) is 7.68. The van der Waals surface area contributed by atoms with E-state index in [-0.39, 0.29) is 0 Å². The Balaban J connectivity index is 1.92. The fraction of sp³-hybridized carbons (Fsp3) is 1.00. The van der Waals surface area contributed by atoms with Crippen molar-refractivity contribution >= 4 is 0 Å². The highest BCUT2D eigenvalue weighted by molar-refractivity contribution is 4.86. The molecule has 2 saturated carbocycles. The van der Waals surface area contributed by atoms with Crippen LogP contribution in [0, 0.1) is 17.8 Å². The van der Waals surface area contributed by atoms with Gasteiger partial charge in [0.2, 0.25) is 0 Å². The van der Waals surface area contributed by atoms with E-state index in [0.717, 1.165) is 17.8 Å². The summed E-state index contributed by atoms with van der Waals surface area (Å²) < 4.78 is 0. The van der Waals surface area contributed by atoms with Gasteiger partial charge in [0.1, 0.15) is 0 Å². The standard InChI is InChI=1S/C11H20/c1-2-4-10-7-9-5-3-6-11(10)8-9/h9-11H,2-8H2,1H3. The molecular weight excluding hydrogens is 132 g/mol. The molecule has 0 heteroatoms. The topological polar surface area (TPSA) is 0 Å². The van der Waals surface area contributed by atoms with E-state index < -0.39 is 0 Å². The first-order chi connectivity index (χ1) is 5.40. The summed E-state index contributed by atoms with van der Waals surface area (Å²) in [5, 5.41) is 0. The van der Waals surface area contributed by atoms with Gasteiger partial charge in [-0.1, -0.05) is 39.0 Å². The summed E-state index contributed by atoms with van der Waals surface area (Å²) in [5.74, 6) is 3.42. The number of rotatable bonds is 2. The minimum absolute atomic E-state index is 1.13. The summed E-state index contributed by atoms with van der Waals surface area (Å²) in [6.45, 7) is 2.34. The molecule has 2 aliphatic rings. The molecule has 0 aromatic rings. The molecule has 0 amide bonds. The molecule has 2 bridgehead atoms. The number of hydrogen-bond acceptors (Lipinski definition) is 0. The van der Waals surface area contributed by atoms with Crippen LogP contribution in [0.4, 0.5) is 0 Å². The Morgan fingerprint density at radius 3 is 2.82 bits per heavy atom. The van der Waals surface area contributed by atoms with Crippen LogP contribution in [-0.2, 0) is 0 Å². The van der Waals surface area contributed by atoms with Crippen molar-refractivity contribution in [2.75, 3.05) is 0 Å². The molecule has 0 saturated heterocycles. The monoisotopic (exact) mass is 152 g/mol. The van der Waals surface area contributed by atoms with Gasteiger partial charge in [0.25, 0.3) is 0 Å². The van der Waals surface area contributed by atoms with Crippen molar-refractivity contribution in [1.82, 2.24) is 0 Å². The highest BCUT2D eigenvalue weighted by Gasteiger charge is 2.35. The lowest BCUT2D eigenvalue weighted by Gasteiger charge is -2.20. The van der Waals surface area contributed by atoms with Crippen molar-refractivity contribution in [1.29, 1.82) is 0 Å². The molecule has 0 heterocycles. The van der Waals surface area contributed by atoms with E-state index >= 15 is 0 Å². The molecule has 2 rings (SSSR count). The largest absolute Gasteiger partial charge is 0.0654 e. The smallest absolute Gasteiger partial charge is 0.0383 e. The van der Waals surface area contributed by atoms with Crippen molar-refractivity contribution in [3.05, 3.63) is 0 Å². The average Bonchev–Trinajstić information content (AvgIpc) is 2.29. The molecule has 0 aliphatic heterocycles. The summed E-state index contributed by atoms with van der Waals surface area (Å²) >= 11 is 0. The second-order valence-electron chi connectivity index (χ2n) is 4.58. The van der Waals surface area contributed by atoms with E-state index in [2.05, 4.69) is 6.92 Å². The summed E-state index contributed by atoms with van der Waals surface area (Å²) in [5.41, 5.74) is 0. The number of hydrogen-bond donors (Lipinski definition) is 0. The molecule has 2 fully saturated rings. The van der Waals surface area contributed by atoms with E-state index in [1.807, 2.05) is 0 Å². The Morgan fingerprint density at radius 2 is 2.09 bits per heavy atom. The lowest BCUT2D eigenvalue weighted by molar-refractivity contribution is 0.314. The van der Waals surface area contributed by atoms with Gasteiger partial charge in [-0.3, -0.25) is 0 Å². The first-order valence-corrected chi connectivity index (χ1v) is 5.40. The predicted octanol–water partition coefficient (Wildman–Crippen LogP) is 3.61. The Bertz CT molecular complexity index is 128. The first kappa shape index (κ1) is 7.64. The van der Waals surface area contributed by atoms with Crippen molar-refractivity contribution in [3.63, 3.8) is 0 Å². The third-order valence-corrected chi connectivity index (χ3v) is 3.79. The quantitative estimate of drug-likeness (QED) is 0.567. The van der Waals surface area contributed by atoms with Crippen LogP contribution in [0.25, 0.3) is 0 Å². The molecule has 2 aliphatic carbocycles. The Hall–Kier alpha value is 0. The molecule has 3 unspecified atom stereocenters. The third kappa shape index (κ3) is 1.45. The fourth-order valence-electron chi connectivity index (χ4n) is 3.32. The summed E-state index contributed by atoms with van der Waals surface area (Å²) in [4.78, 5) is 0. The zero-order chi connectivity index (χ0) is 7.68. The second-order valence-corrected chi connectivity index (χ2v) is 4.58. The molecule has 0 N–H and O–H groups in total. The molecule has 11 heavy (non-hydrogen) atoms. The molecule has 0 aromatic carbocycles. The van der Waals surface area contributed by atoms with Gasteiger partial charge in [0.15, 0.2) is 0 Å². The Labute approximate surface area is 70.4 Å². The van der Waals surface area contributed by atoms with Crippen molar-refractivity contribution in [3.8, 4) is 0 Å². The van der Waals surface area contributed by atoms with Gasteiger partial charge in [-0.25, -0.2) is 0 Å². The maximum absolute atomic E-state index is 2.34. The molecular formula is C11H20. The van der Waals surface area contributed by atoms with Crippen LogP contribution in [0.2, 0.25) is 0 Å². The molecule has 0 spiro atoms. The van der Waals surface area contributed by atoms with Crippen molar-refractivity contribution in [2.24, 2.45) is 17.8 Å². The van der Waals surface area contributed by atoms with E-state index in [1.165, 1.54) is 19.3 Å². The third-order valence-electron chi connectivity index (χ3n) is 3.79. The fourth-order valence-corrected chi connectivity index (χ4v) is 3.32. The SMILES string of the molecule is CCCC1CC2CCCC1C2. The predicted molar refractivity (Wildman–Crippen MR) is 48.5 cm³/mol. The van der Waals surface area contributed by atoms with Crippen LogP contribution in [0.3, 0.4) is 0 Å². The Kier molecular flexibility index (Phi) is 2.20. The Morgan fingerprint density at radius 1 is 1.18 bits per heavy atom. The minimum Gasteiger partial charge on any atom is -0.0654 e. The number of fused-ring (bicyclic) bond motifs is 2. The average molecular weight is 152 g/mol. The van der Waals surface area contributed by atoms with Gasteiger partial charge in [0, 0.05) is 0 Å². The molecule has 0 aromatic heterocycles. The molecule has 3 atom stereocenters. The molecule has 0 radical (unpaired) electrons. The summed E-state index contributed by atoms with van der Waals surface area (Å²) in [6.07, 6.45) is 10.7. The van der Waals surface area contributed by atoms with E-state index in [0.29, 0.717) is 0 Å². The van der Waals surface area contributed by atoms with Crippen LogP contribution < -0.4 is 0 Å². The van der Waals surface area contributed by atoms with Gasteiger partial charge in [-0.15, -0.1) is 0 Å². The van der Waals surface area contributed by atoms with Gasteiger partial charge < -0.3 is 0 Å². The summed E-state index contributed by atoms with van der Waals surface area (Å²) in [7, 11) is 0. The van der Waals surface area contributed by atoms with Gasteiger partial charge in [-0.2, -0.15) is 0 Å². The lowest BCUT2D eigenvalue weighted by Crippen LogP contribution is -2.08. The molecule has 64 valence electrons. The summed E-state index contributed by atoms with van der Waals surface area (Å²) in [6, 6.07) is 0. The van der Waals surface area contributed by atoms with E-state index in [9.17, 15) is 0 Å². The van der Waals surface area contributed by atoms with Crippen LogP contribution in [0.15, 0.2) is 0 Å². The highest BCUT2D eigenvalue weighted by atomic mass is 14.4. The normalized spacial score (nSPS) is 42.8. The van der Waals surface area contributed by atoms with Crippen LogP contribution in [-0.4, -0.2) is 0 Å². The van der Waals surface area contributed by atoms with E-state index in [4.69, 9.17) is 0 Å². The molecule has 0 nitrogen and oxygen atoms in total. The van der Waals surface area contributed by atoms with Crippen LogP contribution in [0.1, 0.15) is 51.9 Å².